The van der Waals surface area contributed by atoms with E-state index >= 15 is 0 Å². The summed E-state index contributed by atoms with van der Waals surface area (Å²) in [6.07, 6.45) is 2.61. The molecular formula is C13H13ClN2S. The standard InChI is InChI=1S/C13H13ClN2S/c14-11-5-3-4-10(7-8-15)13(11)17-12-6-1-2-9-16-12/h1-6,9H,7-8,15H2. The minimum absolute atomic E-state index is 0.621. The van der Waals surface area contributed by atoms with E-state index in [9.17, 15) is 0 Å². The van der Waals surface area contributed by atoms with Gasteiger partial charge in [0.05, 0.1) is 5.02 Å². The summed E-state index contributed by atoms with van der Waals surface area (Å²) >= 11 is 7.81. The largest absolute Gasteiger partial charge is 0.330 e. The molecule has 0 spiro atoms. The molecule has 0 fully saturated rings. The van der Waals surface area contributed by atoms with Gasteiger partial charge in [-0.1, -0.05) is 41.6 Å². The molecule has 4 heteroatoms. The van der Waals surface area contributed by atoms with Crippen LogP contribution in [0.15, 0.2) is 52.5 Å². The number of benzene rings is 1. The summed E-state index contributed by atoms with van der Waals surface area (Å²) in [6, 6.07) is 11.7. The van der Waals surface area contributed by atoms with Crippen molar-refractivity contribution in [2.75, 3.05) is 6.54 Å². The van der Waals surface area contributed by atoms with E-state index in [-0.39, 0.29) is 0 Å². The van der Waals surface area contributed by atoms with Crippen molar-refractivity contribution in [2.45, 2.75) is 16.3 Å². The second kappa shape index (κ2) is 6.05. The fraction of sp³-hybridized carbons (Fsp3) is 0.154. The molecule has 88 valence electrons. The maximum Gasteiger partial charge on any atom is 0.101 e. The summed E-state index contributed by atoms with van der Waals surface area (Å²) in [5.74, 6) is 0. The van der Waals surface area contributed by atoms with Gasteiger partial charge in [-0.25, -0.2) is 4.98 Å². The van der Waals surface area contributed by atoms with Crippen LogP contribution in [0.25, 0.3) is 0 Å². The minimum atomic E-state index is 0.621. The number of rotatable bonds is 4. The Morgan fingerprint density at radius 2 is 2.06 bits per heavy atom. The van der Waals surface area contributed by atoms with E-state index in [1.54, 1.807) is 18.0 Å². The molecule has 2 N–H and O–H groups in total. The van der Waals surface area contributed by atoms with Crippen LogP contribution in [0.5, 0.6) is 0 Å². The number of pyridine rings is 1. The molecule has 2 rings (SSSR count). The maximum atomic E-state index is 6.23. The number of nitrogens with two attached hydrogens (primary N) is 1. The van der Waals surface area contributed by atoms with Gasteiger partial charge in [-0.05, 0) is 36.7 Å². The van der Waals surface area contributed by atoms with Crippen LogP contribution in [0.1, 0.15) is 5.56 Å². The fourth-order valence-electron chi connectivity index (χ4n) is 1.53. The van der Waals surface area contributed by atoms with Gasteiger partial charge in [0.15, 0.2) is 0 Å². The van der Waals surface area contributed by atoms with Crippen molar-refractivity contribution in [3.8, 4) is 0 Å². The number of halogens is 1. The zero-order chi connectivity index (χ0) is 12.1. The third-order valence-corrected chi connectivity index (χ3v) is 3.87. The minimum Gasteiger partial charge on any atom is -0.330 e. The molecule has 0 aliphatic rings. The highest BCUT2D eigenvalue weighted by Gasteiger charge is 2.08. The van der Waals surface area contributed by atoms with Crippen LogP contribution in [-0.2, 0) is 6.42 Å². The van der Waals surface area contributed by atoms with Crippen molar-refractivity contribution in [1.29, 1.82) is 0 Å². The summed E-state index contributed by atoms with van der Waals surface area (Å²) in [5, 5.41) is 1.70. The lowest BCUT2D eigenvalue weighted by Crippen LogP contribution is -2.03. The van der Waals surface area contributed by atoms with Crippen LogP contribution in [0.4, 0.5) is 0 Å². The van der Waals surface area contributed by atoms with Crippen molar-refractivity contribution in [3.63, 3.8) is 0 Å². The monoisotopic (exact) mass is 264 g/mol. The average molecular weight is 265 g/mol. The summed E-state index contributed by atoms with van der Waals surface area (Å²) in [4.78, 5) is 5.34. The normalized spacial score (nSPS) is 10.5. The Kier molecular flexibility index (Phi) is 4.42. The zero-order valence-corrected chi connectivity index (χ0v) is 10.8. The Hall–Kier alpha value is -1.03. The van der Waals surface area contributed by atoms with Crippen molar-refractivity contribution in [1.82, 2.24) is 4.98 Å². The molecule has 1 aromatic heterocycles. The predicted octanol–water partition coefficient (Wildman–Crippen LogP) is 3.39. The van der Waals surface area contributed by atoms with Crippen molar-refractivity contribution in [2.24, 2.45) is 5.73 Å². The van der Waals surface area contributed by atoms with E-state index in [1.165, 1.54) is 5.56 Å². The van der Waals surface area contributed by atoms with Gasteiger partial charge in [0.2, 0.25) is 0 Å². The third kappa shape index (κ3) is 3.22. The Morgan fingerprint density at radius 3 is 2.76 bits per heavy atom. The first kappa shape index (κ1) is 12.4. The average Bonchev–Trinajstić information content (AvgIpc) is 2.35. The molecule has 1 aromatic carbocycles. The Labute approximate surface area is 110 Å². The molecule has 0 saturated carbocycles. The number of nitrogens with zero attached hydrogens (tertiary/aromatic N) is 1. The van der Waals surface area contributed by atoms with Gasteiger partial charge < -0.3 is 5.73 Å². The van der Waals surface area contributed by atoms with Gasteiger partial charge in [-0.2, -0.15) is 0 Å². The fourth-order valence-corrected chi connectivity index (χ4v) is 2.78. The van der Waals surface area contributed by atoms with Crippen LogP contribution < -0.4 is 5.73 Å². The van der Waals surface area contributed by atoms with Crippen LogP contribution >= 0.6 is 23.4 Å². The van der Waals surface area contributed by atoms with Gasteiger partial charge in [-0.3, -0.25) is 0 Å². The third-order valence-electron chi connectivity index (χ3n) is 2.31. The smallest absolute Gasteiger partial charge is 0.101 e. The lowest BCUT2D eigenvalue weighted by atomic mass is 10.1. The molecule has 0 aliphatic carbocycles. The van der Waals surface area contributed by atoms with Crippen LogP contribution in [0, 0.1) is 0 Å². The van der Waals surface area contributed by atoms with Gasteiger partial charge in [-0.15, -0.1) is 0 Å². The van der Waals surface area contributed by atoms with Crippen LogP contribution in [0.2, 0.25) is 5.02 Å². The summed E-state index contributed by atoms with van der Waals surface area (Å²) in [5.41, 5.74) is 6.78. The summed E-state index contributed by atoms with van der Waals surface area (Å²) in [6.45, 7) is 0.621. The number of aromatic nitrogens is 1. The number of hydrogen-bond acceptors (Lipinski definition) is 3. The van der Waals surface area contributed by atoms with Crippen molar-refractivity contribution >= 4 is 23.4 Å². The van der Waals surface area contributed by atoms with E-state index in [4.69, 9.17) is 17.3 Å². The molecule has 0 amide bonds. The highest BCUT2D eigenvalue weighted by atomic mass is 35.5. The van der Waals surface area contributed by atoms with Crippen molar-refractivity contribution in [3.05, 3.63) is 53.2 Å². The van der Waals surface area contributed by atoms with Gasteiger partial charge in [0.25, 0.3) is 0 Å². The SMILES string of the molecule is NCCc1cccc(Cl)c1Sc1ccccn1. The highest BCUT2D eigenvalue weighted by molar-refractivity contribution is 7.99. The maximum absolute atomic E-state index is 6.23. The van der Waals surface area contributed by atoms with E-state index < -0.39 is 0 Å². The molecule has 0 radical (unpaired) electrons. The first-order valence-electron chi connectivity index (χ1n) is 5.37. The van der Waals surface area contributed by atoms with Crippen LogP contribution in [-0.4, -0.2) is 11.5 Å². The van der Waals surface area contributed by atoms with Gasteiger partial charge in [0, 0.05) is 11.1 Å². The molecule has 17 heavy (non-hydrogen) atoms. The molecule has 0 bridgehead atoms. The Bertz CT molecular complexity index is 488. The molecule has 0 unspecified atom stereocenters. The van der Waals surface area contributed by atoms with E-state index in [0.717, 1.165) is 21.4 Å². The lowest BCUT2D eigenvalue weighted by molar-refractivity contribution is 0.943. The first-order chi connectivity index (χ1) is 8.31. The molecule has 2 nitrogen and oxygen atoms in total. The zero-order valence-electron chi connectivity index (χ0n) is 9.27. The summed E-state index contributed by atoms with van der Waals surface area (Å²) < 4.78 is 0. The molecule has 0 aliphatic heterocycles. The van der Waals surface area contributed by atoms with E-state index in [2.05, 4.69) is 11.1 Å². The molecule has 1 heterocycles. The summed E-state index contributed by atoms with van der Waals surface area (Å²) in [7, 11) is 0. The first-order valence-corrected chi connectivity index (χ1v) is 6.57. The van der Waals surface area contributed by atoms with Crippen LogP contribution in [0.3, 0.4) is 0 Å². The Morgan fingerprint density at radius 1 is 1.18 bits per heavy atom. The van der Waals surface area contributed by atoms with E-state index in [0.29, 0.717) is 6.54 Å². The second-order valence-electron chi connectivity index (χ2n) is 3.54. The van der Waals surface area contributed by atoms with Gasteiger partial charge in [0.1, 0.15) is 5.03 Å². The Balaban J connectivity index is 2.31. The highest BCUT2D eigenvalue weighted by Crippen LogP contribution is 2.35. The molecule has 0 atom stereocenters. The molecule has 2 aromatic rings. The van der Waals surface area contributed by atoms with Gasteiger partial charge >= 0.3 is 0 Å². The van der Waals surface area contributed by atoms with Crippen molar-refractivity contribution < 1.29 is 0 Å². The second-order valence-corrected chi connectivity index (χ2v) is 4.97. The topological polar surface area (TPSA) is 38.9 Å². The number of hydrogen-bond donors (Lipinski definition) is 1. The molecular weight excluding hydrogens is 252 g/mol. The van der Waals surface area contributed by atoms with E-state index in [1.807, 2.05) is 30.3 Å². The quantitative estimate of drug-likeness (QED) is 0.920. The lowest BCUT2D eigenvalue weighted by Gasteiger charge is -2.09. The predicted molar refractivity (Wildman–Crippen MR) is 72.6 cm³/mol. The molecule has 0 saturated heterocycles.